The molecule has 0 unspecified atom stereocenters. The lowest BCUT2D eigenvalue weighted by molar-refractivity contribution is -0.168. The topological polar surface area (TPSA) is 100 Å². The van der Waals surface area contributed by atoms with Crippen molar-refractivity contribution in [2.75, 3.05) is 6.79 Å². The third kappa shape index (κ3) is 7.77. The van der Waals surface area contributed by atoms with Gasteiger partial charge in [0, 0.05) is 0 Å². The molecule has 0 fully saturated rings. The fourth-order valence-corrected chi connectivity index (χ4v) is 1.06. The van der Waals surface area contributed by atoms with E-state index in [9.17, 15) is 9.59 Å². The van der Waals surface area contributed by atoms with Crippen molar-refractivity contribution in [2.24, 2.45) is 10.8 Å². The third-order valence-electron chi connectivity index (χ3n) is 2.22. The largest absolute Gasteiger partial charge is 0.428 e. The molecular weight excluding hydrogens is 248 g/mol. The highest BCUT2D eigenvalue weighted by atomic mass is 16.7. The predicted octanol–water partition coefficient (Wildman–Crippen LogP) is 1.91. The molecule has 0 aromatic rings. The molecule has 0 aliphatic rings. The number of hydrogen-bond donors (Lipinski definition) is 0. The molecule has 0 N–H and O–H groups in total. The van der Waals surface area contributed by atoms with Gasteiger partial charge in [0.25, 0.3) is 0 Å². The number of ether oxygens (including phenoxy) is 2. The number of rotatable bonds is 6. The van der Waals surface area contributed by atoms with Gasteiger partial charge in [-0.25, -0.2) is 0 Å². The van der Waals surface area contributed by atoms with E-state index < -0.39 is 29.6 Å². The van der Waals surface area contributed by atoms with Gasteiger partial charge in [-0.15, -0.1) is 0 Å². The Kier molecular flexibility index (Phi) is 6.01. The molecule has 0 amide bonds. The fourth-order valence-electron chi connectivity index (χ4n) is 1.06. The molecule has 0 rings (SSSR count). The van der Waals surface area contributed by atoms with Crippen molar-refractivity contribution in [3.05, 3.63) is 0 Å². The average Bonchev–Trinajstić information content (AvgIpc) is 2.27. The van der Waals surface area contributed by atoms with Crippen LogP contribution in [0.2, 0.25) is 0 Å². The van der Waals surface area contributed by atoms with Crippen LogP contribution in [0.15, 0.2) is 0 Å². The average molecular weight is 266 g/mol. The van der Waals surface area contributed by atoms with Gasteiger partial charge in [0.15, 0.2) is 0 Å². The van der Waals surface area contributed by atoms with Crippen molar-refractivity contribution in [3.8, 4) is 12.1 Å². The van der Waals surface area contributed by atoms with Gasteiger partial charge in [-0.1, -0.05) is 0 Å². The molecule has 0 saturated carbocycles. The van der Waals surface area contributed by atoms with Crippen LogP contribution in [0.25, 0.3) is 0 Å². The van der Waals surface area contributed by atoms with Crippen molar-refractivity contribution in [1.82, 2.24) is 0 Å². The molecule has 0 saturated heterocycles. The second-order valence-corrected chi connectivity index (χ2v) is 5.50. The molecule has 0 spiro atoms. The summed E-state index contributed by atoms with van der Waals surface area (Å²) in [7, 11) is 0. The molecule has 0 radical (unpaired) electrons. The van der Waals surface area contributed by atoms with Crippen LogP contribution in [0.5, 0.6) is 0 Å². The maximum absolute atomic E-state index is 11.3. The van der Waals surface area contributed by atoms with Crippen molar-refractivity contribution in [3.63, 3.8) is 0 Å². The summed E-state index contributed by atoms with van der Waals surface area (Å²) in [6, 6.07) is 3.93. The van der Waals surface area contributed by atoms with Crippen LogP contribution in [0.3, 0.4) is 0 Å². The Balaban J connectivity index is 4.00. The van der Waals surface area contributed by atoms with Crippen molar-refractivity contribution in [1.29, 1.82) is 10.5 Å². The zero-order valence-electron chi connectivity index (χ0n) is 11.6. The molecule has 0 bridgehead atoms. The third-order valence-corrected chi connectivity index (χ3v) is 2.22. The minimum atomic E-state index is -0.816. The zero-order valence-corrected chi connectivity index (χ0v) is 11.6. The highest BCUT2D eigenvalue weighted by Crippen LogP contribution is 2.20. The van der Waals surface area contributed by atoms with Crippen LogP contribution < -0.4 is 0 Å². The lowest BCUT2D eigenvalue weighted by Gasteiger charge is -2.15. The molecule has 0 heterocycles. The van der Waals surface area contributed by atoms with E-state index >= 15 is 0 Å². The Bertz CT molecular complexity index is 387. The predicted molar refractivity (Wildman–Crippen MR) is 65.1 cm³/mol. The summed E-state index contributed by atoms with van der Waals surface area (Å²) >= 11 is 0. The number of esters is 2. The second-order valence-electron chi connectivity index (χ2n) is 5.50. The lowest BCUT2D eigenvalue weighted by Crippen LogP contribution is -2.21. The van der Waals surface area contributed by atoms with Gasteiger partial charge in [0.05, 0.1) is 35.8 Å². The molecule has 6 nitrogen and oxygen atoms in total. The standard InChI is InChI=1S/C13H18N2O4/c1-12(2,7-14)5-10(16)18-9-19-11(17)6-13(3,4)8-15/h5-6,9H2,1-4H3. The number of carbonyl (C=O) groups excluding carboxylic acids is 2. The number of carbonyl (C=O) groups is 2. The van der Waals surface area contributed by atoms with E-state index in [4.69, 9.17) is 10.5 Å². The van der Waals surface area contributed by atoms with Gasteiger partial charge in [-0.05, 0) is 27.7 Å². The van der Waals surface area contributed by atoms with Crippen molar-refractivity contribution >= 4 is 11.9 Å². The summed E-state index contributed by atoms with van der Waals surface area (Å²) in [6.07, 6.45) is -0.157. The Labute approximate surface area is 112 Å². The van der Waals surface area contributed by atoms with E-state index in [0.29, 0.717) is 0 Å². The first-order chi connectivity index (χ1) is 8.62. The molecule has 0 aromatic carbocycles. The van der Waals surface area contributed by atoms with Gasteiger partial charge in [-0.3, -0.25) is 9.59 Å². The normalized spacial score (nSPS) is 11.1. The van der Waals surface area contributed by atoms with Crippen molar-refractivity contribution in [2.45, 2.75) is 40.5 Å². The van der Waals surface area contributed by atoms with Gasteiger partial charge in [-0.2, -0.15) is 10.5 Å². The summed E-state index contributed by atoms with van der Waals surface area (Å²) in [5, 5.41) is 17.5. The smallest absolute Gasteiger partial charge is 0.310 e. The summed E-state index contributed by atoms with van der Waals surface area (Å²) < 4.78 is 9.37. The zero-order chi connectivity index (χ0) is 15.1. The molecule has 0 aliphatic heterocycles. The lowest BCUT2D eigenvalue weighted by atomic mass is 9.92. The molecule has 104 valence electrons. The Morgan fingerprint density at radius 3 is 1.47 bits per heavy atom. The summed E-state index contributed by atoms with van der Waals surface area (Å²) in [5.41, 5.74) is -1.63. The van der Waals surface area contributed by atoms with Crippen LogP contribution in [0.1, 0.15) is 40.5 Å². The summed E-state index contributed by atoms with van der Waals surface area (Å²) in [4.78, 5) is 22.6. The monoisotopic (exact) mass is 266 g/mol. The van der Waals surface area contributed by atoms with Crippen molar-refractivity contribution < 1.29 is 19.1 Å². The number of hydrogen-bond acceptors (Lipinski definition) is 6. The number of nitriles is 2. The van der Waals surface area contributed by atoms with E-state index in [2.05, 4.69) is 9.47 Å². The maximum Gasteiger partial charge on any atom is 0.310 e. The van der Waals surface area contributed by atoms with Crippen LogP contribution in [0.4, 0.5) is 0 Å². The van der Waals surface area contributed by atoms with E-state index in [1.807, 2.05) is 12.1 Å². The van der Waals surface area contributed by atoms with E-state index in [1.54, 1.807) is 27.7 Å². The van der Waals surface area contributed by atoms with Gasteiger partial charge in [0.1, 0.15) is 0 Å². The SMILES string of the molecule is CC(C)(C#N)CC(=O)OCOC(=O)CC(C)(C)C#N. The second kappa shape index (κ2) is 6.75. The maximum atomic E-state index is 11.3. The van der Waals surface area contributed by atoms with Gasteiger partial charge >= 0.3 is 11.9 Å². The molecule has 0 atom stereocenters. The quantitative estimate of drug-likeness (QED) is 0.537. The first-order valence-corrected chi connectivity index (χ1v) is 5.76. The fraction of sp³-hybridized carbons (Fsp3) is 0.692. The molecule has 0 aliphatic carbocycles. The summed E-state index contributed by atoms with van der Waals surface area (Å²) in [5.74, 6) is -1.22. The van der Waals surface area contributed by atoms with Gasteiger partial charge < -0.3 is 9.47 Å². The van der Waals surface area contributed by atoms with E-state index in [0.717, 1.165) is 0 Å². The molecular formula is C13H18N2O4. The molecule has 19 heavy (non-hydrogen) atoms. The number of nitrogens with zero attached hydrogens (tertiary/aromatic N) is 2. The van der Waals surface area contributed by atoms with E-state index in [-0.39, 0.29) is 12.8 Å². The van der Waals surface area contributed by atoms with Crippen LogP contribution >= 0.6 is 0 Å². The van der Waals surface area contributed by atoms with Crippen LogP contribution in [-0.2, 0) is 19.1 Å². The highest BCUT2D eigenvalue weighted by molar-refractivity contribution is 5.72. The van der Waals surface area contributed by atoms with Crippen LogP contribution in [-0.4, -0.2) is 18.7 Å². The minimum absolute atomic E-state index is 0.0786. The van der Waals surface area contributed by atoms with Gasteiger partial charge in [0.2, 0.25) is 6.79 Å². The highest BCUT2D eigenvalue weighted by Gasteiger charge is 2.24. The Hall–Kier alpha value is -2.08. The molecule has 0 aromatic heterocycles. The molecule has 6 heteroatoms. The minimum Gasteiger partial charge on any atom is -0.428 e. The Morgan fingerprint density at radius 1 is 0.895 bits per heavy atom. The van der Waals surface area contributed by atoms with Crippen LogP contribution in [0, 0.1) is 33.5 Å². The first kappa shape index (κ1) is 16.9. The summed E-state index contributed by atoms with van der Waals surface area (Å²) in [6.45, 7) is 5.93. The Morgan fingerprint density at radius 2 is 1.21 bits per heavy atom. The first-order valence-electron chi connectivity index (χ1n) is 5.76. The van der Waals surface area contributed by atoms with E-state index in [1.165, 1.54) is 0 Å².